The summed E-state index contributed by atoms with van der Waals surface area (Å²) < 4.78 is 36.0. The molecule has 3 nitrogen and oxygen atoms in total. The van der Waals surface area contributed by atoms with Crippen molar-refractivity contribution in [1.82, 2.24) is 10.2 Å². The molecule has 0 aliphatic rings. The fourth-order valence-corrected chi connectivity index (χ4v) is 1.07. The van der Waals surface area contributed by atoms with E-state index in [4.69, 9.17) is 5.26 Å². The van der Waals surface area contributed by atoms with Crippen molar-refractivity contribution in [3.05, 3.63) is 11.9 Å². The van der Waals surface area contributed by atoms with Crippen LogP contribution < -0.4 is 0 Å². The maximum absolute atomic E-state index is 12.0. The third-order valence-corrected chi connectivity index (χ3v) is 1.66. The van der Waals surface area contributed by atoms with Crippen LogP contribution in [-0.4, -0.2) is 10.2 Å². The summed E-state index contributed by atoms with van der Waals surface area (Å²) in [6.07, 6.45) is -3.51. The van der Waals surface area contributed by atoms with Gasteiger partial charge in [0.1, 0.15) is 5.40 Å². The van der Waals surface area contributed by atoms with Crippen LogP contribution in [0.3, 0.4) is 0 Å². The molecule has 1 rings (SSSR count). The Morgan fingerprint density at radius 3 is 2.75 bits per heavy atom. The van der Waals surface area contributed by atoms with Crippen molar-refractivity contribution in [3.8, 4) is 5.40 Å². The summed E-state index contributed by atoms with van der Waals surface area (Å²) in [5.74, 6) is 0. The van der Waals surface area contributed by atoms with Crippen molar-refractivity contribution < 1.29 is 13.2 Å². The van der Waals surface area contributed by atoms with E-state index in [1.54, 1.807) is 5.10 Å². The number of nitrogens with one attached hydrogen (secondary N) is 1. The van der Waals surface area contributed by atoms with Crippen LogP contribution in [-0.2, 0) is 6.18 Å². The molecule has 0 saturated heterocycles. The number of thiocyanates is 1. The van der Waals surface area contributed by atoms with Crippen LogP contribution in [0, 0.1) is 10.7 Å². The van der Waals surface area contributed by atoms with E-state index in [0.29, 0.717) is 11.8 Å². The fourth-order valence-electron chi connectivity index (χ4n) is 0.605. The summed E-state index contributed by atoms with van der Waals surface area (Å²) >= 11 is 0.427. The Balaban J connectivity index is 3.01. The van der Waals surface area contributed by atoms with Crippen LogP contribution >= 0.6 is 11.8 Å². The molecule has 0 saturated carbocycles. The first kappa shape index (κ1) is 8.93. The first-order chi connectivity index (χ1) is 5.55. The average molecular weight is 193 g/mol. The standard InChI is InChI=1S/C5H2F3N3S/c6-5(7,8)4-3(12-2-9)1-10-11-4/h1H,(H,10,11). The molecule has 0 unspecified atom stereocenters. The second-order valence-electron chi connectivity index (χ2n) is 1.80. The Morgan fingerprint density at radius 2 is 2.25 bits per heavy atom. The van der Waals surface area contributed by atoms with Gasteiger partial charge in [0, 0.05) is 0 Å². The number of thioether (sulfide) groups is 1. The number of aromatic nitrogens is 2. The Kier molecular flexibility index (Phi) is 2.28. The zero-order valence-corrected chi connectivity index (χ0v) is 6.33. The summed E-state index contributed by atoms with van der Waals surface area (Å²) in [4.78, 5) is -0.204. The highest BCUT2D eigenvalue weighted by molar-refractivity contribution is 8.03. The van der Waals surface area contributed by atoms with Gasteiger partial charge in [-0.3, -0.25) is 5.10 Å². The third kappa shape index (κ3) is 1.71. The topological polar surface area (TPSA) is 52.5 Å². The minimum atomic E-state index is -4.48. The zero-order chi connectivity index (χ0) is 9.19. The quantitative estimate of drug-likeness (QED) is 0.548. The molecule has 1 aromatic heterocycles. The van der Waals surface area contributed by atoms with Crippen LogP contribution in [0.2, 0.25) is 0 Å². The van der Waals surface area contributed by atoms with Gasteiger partial charge >= 0.3 is 6.18 Å². The molecule has 0 aliphatic carbocycles. The second-order valence-corrected chi connectivity index (χ2v) is 2.63. The predicted octanol–water partition coefficient (Wildman–Crippen LogP) is 2.00. The molecule has 1 aromatic rings. The maximum atomic E-state index is 12.0. The molecule has 12 heavy (non-hydrogen) atoms. The fraction of sp³-hybridized carbons (Fsp3) is 0.200. The molecule has 0 aliphatic heterocycles. The highest BCUT2D eigenvalue weighted by atomic mass is 32.2. The van der Waals surface area contributed by atoms with Gasteiger partial charge in [0.25, 0.3) is 0 Å². The lowest BCUT2D eigenvalue weighted by Gasteiger charge is -2.02. The molecule has 0 aromatic carbocycles. The lowest BCUT2D eigenvalue weighted by molar-refractivity contribution is -0.143. The van der Waals surface area contributed by atoms with Crippen LogP contribution in [0.25, 0.3) is 0 Å². The van der Waals surface area contributed by atoms with Gasteiger partial charge in [-0.25, -0.2) is 0 Å². The second kappa shape index (κ2) is 3.06. The number of aromatic amines is 1. The van der Waals surface area contributed by atoms with Crippen LogP contribution in [0.5, 0.6) is 0 Å². The molecule has 0 radical (unpaired) electrons. The lowest BCUT2D eigenvalue weighted by atomic mass is 10.4. The normalized spacial score (nSPS) is 11.2. The van der Waals surface area contributed by atoms with Crippen LogP contribution in [0.4, 0.5) is 13.2 Å². The number of halogens is 3. The van der Waals surface area contributed by atoms with Crippen molar-refractivity contribution >= 4 is 11.8 Å². The van der Waals surface area contributed by atoms with E-state index >= 15 is 0 Å². The van der Waals surface area contributed by atoms with E-state index in [-0.39, 0.29) is 4.90 Å². The minimum absolute atomic E-state index is 0.204. The predicted molar refractivity (Wildman–Crippen MR) is 35.1 cm³/mol. The molecule has 1 heterocycles. The smallest absolute Gasteiger partial charge is 0.273 e. The monoisotopic (exact) mass is 193 g/mol. The van der Waals surface area contributed by atoms with Crippen LogP contribution in [0.1, 0.15) is 5.69 Å². The van der Waals surface area contributed by atoms with Gasteiger partial charge in [-0.2, -0.15) is 23.5 Å². The lowest BCUT2D eigenvalue weighted by Crippen LogP contribution is -2.06. The van der Waals surface area contributed by atoms with Gasteiger partial charge < -0.3 is 0 Å². The van der Waals surface area contributed by atoms with E-state index in [9.17, 15) is 13.2 Å². The average Bonchev–Trinajstić information content (AvgIpc) is 2.34. The first-order valence-electron chi connectivity index (χ1n) is 2.72. The van der Waals surface area contributed by atoms with E-state index in [1.165, 1.54) is 5.40 Å². The van der Waals surface area contributed by atoms with Gasteiger partial charge in [0.2, 0.25) is 0 Å². The Hall–Kier alpha value is -1.16. The van der Waals surface area contributed by atoms with E-state index in [2.05, 4.69) is 5.10 Å². The van der Waals surface area contributed by atoms with Crippen molar-refractivity contribution in [2.45, 2.75) is 11.1 Å². The van der Waals surface area contributed by atoms with Gasteiger partial charge in [-0.15, -0.1) is 0 Å². The maximum Gasteiger partial charge on any atom is 0.433 e. The van der Waals surface area contributed by atoms with Gasteiger partial charge in [-0.1, -0.05) is 0 Å². The molecular weight excluding hydrogens is 191 g/mol. The molecule has 64 valence electrons. The molecule has 1 N–H and O–H groups in total. The Morgan fingerprint density at radius 1 is 1.58 bits per heavy atom. The molecule has 0 amide bonds. The summed E-state index contributed by atoms with van der Waals surface area (Å²) in [7, 11) is 0. The number of hydrogen-bond acceptors (Lipinski definition) is 3. The highest BCUT2D eigenvalue weighted by Gasteiger charge is 2.35. The van der Waals surface area contributed by atoms with Gasteiger partial charge in [-0.05, 0) is 11.8 Å². The number of hydrogen-bond donors (Lipinski definition) is 1. The number of nitriles is 1. The molecular formula is C5H2F3N3S. The SMILES string of the molecule is N#CSc1cn[nH]c1C(F)(F)F. The minimum Gasteiger partial charge on any atom is -0.273 e. The Labute approximate surface area is 69.6 Å². The number of H-pyrrole nitrogens is 1. The summed E-state index contributed by atoms with van der Waals surface area (Å²) in [6.45, 7) is 0. The zero-order valence-electron chi connectivity index (χ0n) is 5.51. The molecule has 0 atom stereocenters. The van der Waals surface area contributed by atoms with E-state index in [0.717, 1.165) is 6.20 Å². The first-order valence-corrected chi connectivity index (χ1v) is 3.54. The third-order valence-electron chi connectivity index (χ3n) is 1.04. The number of alkyl halides is 3. The van der Waals surface area contributed by atoms with Crippen molar-refractivity contribution in [2.75, 3.05) is 0 Å². The molecule has 0 spiro atoms. The van der Waals surface area contributed by atoms with Crippen molar-refractivity contribution in [1.29, 1.82) is 5.26 Å². The summed E-state index contributed by atoms with van der Waals surface area (Å²) in [5.41, 5.74) is -0.978. The number of rotatable bonds is 1. The molecule has 7 heteroatoms. The summed E-state index contributed by atoms with van der Waals surface area (Å²) in [5, 5.41) is 14.6. The molecule has 0 fully saturated rings. The van der Waals surface area contributed by atoms with Crippen LogP contribution in [0.15, 0.2) is 11.1 Å². The summed E-state index contributed by atoms with van der Waals surface area (Å²) in [6, 6.07) is 0. The van der Waals surface area contributed by atoms with E-state index < -0.39 is 11.9 Å². The Bertz CT molecular complexity index is 310. The van der Waals surface area contributed by atoms with Crippen molar-refractivity contribution in [3.63, 3.8) is 0 Å². The largest absolute Gasteiger partial charge is 0.433 e. The highest BCUT2D eigenvalue weighted by Crippen LogP contribution is 2.34. The van der Waals surface area contributed by atoms with Gasteiger partial charge in [0.05, 0.1) is 11.1 Å². The number of nitrogens with zero attached hydrogens (tertiary/aromatic N) is 2. The van der Waals surface area contributed by atoms with Gasteiger partial charge in [0.15, 0.2) is 5.69 Å². The molecule has 0 bridgehead atoms. The van der Waals surface area contributed by atoms with E-state index in [1.807, 2.05) is 0 Å². The van der Waals surface area contributed by atoms with Crippen molar-refractivity contribution in [2.24, 2.45) is 0 Å².